The lowest BCUT2D eigenvalue weighted by molar-refractivity contribution is -0.139. The fourth-order valence-corrected chi connectivity index (χ4v) is 4.91. The average Bonchev–Trinajstić information content (AvgIpc) is 3.48. The van der Waals surface area contributed by atoms with Gasteiger partial charge in [0.2, 0.25) is 0 Å². The number of amides is 1. The number of nitrogens with zero attached hydrogens (tertiary/aromatic N) is 2. The van der Waals surface area contributed by atoms with Crippen LogP contribution in [0, 0.1) is 11.6 Å². The molecule has 0 unspecified atom stereocenters. The predicted molar refractivity (Wildman–Crippen MR) is 159 cm³/mol. The van der Waals surface area contributed by atoms with E-state index in [1.54, 1.807) is 42.9 Å². The van der Waals surface area contributed by atoms with Gasteiger partial charge in [0.25, 0.3) is 5.91 Å². The molecular weight excluding hydrogens is 544 g/mol. The molecule has 0 aliphatic carbocycles. The number of imidazole rings is 1. The van der Waals surface area contributed by atoms with Crippen LogP contribution in [0.2, 0.25) is 0 Å². The fraction of sp³-hybridized carbons (Fsp3) is 0.219. The Morgan fingerprint density at radius 2 is 1.73 bits per heavy atom. The van der Waals surface area contributed by atoms with E-state index in [1.807, 2.05) is 35.2 Å². The first-order valence-electron chi connectivity index (χ1n) is 13.1. The molecule has 0 radical (unpaired) electrons. The fourth-order valence-electron chi connectivity index (χ4n) is 4.43. The van der Waals surface area contributed by atoms with E-state index in [0.29, 0.717) is 37.1 Å². The Balaban J connectivity index is 1.69. The average molecular weight is 576 g/mol. The van der Waals surface area contributed by atoms with Crippen LogP contribution in [-0.4, -0.2) is 44.6 Å². The number of nitrogens with one attached hydrogen (secondary N) is 1. The van der Waals surface area contributed by atoms with Crippen LogP contribution in [0.3, 0.4) is 0 Å². The molecule has 0 saturated heterocycles. The Bertz CT molecular complexity index is 1490. The first-order valence-corrected chi connectivity index (χ1v) is 14.5. The maximum atomic E-state index is 13.7. The summed E-state index contributed by atoms with van der Waals surface area (Å²) < 4.78 is 28.9. The Labute approximate surface area is 242 Å². The van der Waals surface area contributed by atoms with Gasteiger partial charge in [-0.25, -0.2) is 18.6 Å². The first kappa shape index (κ1) is 29.7. The van der Waals surface area contributed by atoms with Crippen LogP contribution in [0.5, 0.6) is 0 Å². The van der Waals surface area contributed by atoms with Crippen LogP contribution >= 0.6 is 11.8 Å². The molecule has 6 nitrogen and oxygen atoms in total. The molecule has 0 aliphatic heterocycles. The molecule has 2 N–H and O–H groups in total. The highest BCUT2D eigenvalue weighted by Gasteiger charge is 2.22. The van der Waals surface area contributed by atoms with E-state index in [2.05, 4.69) is 10.3 Å². The maximum absolute atomic E-state index is 13.7. The second-order valence-corrected chi connectivity index (χ2v) is 10.6. The zero-order valence-corrected chi connectivity index (χ0v) is 23.4. The van der Waals surface area contributed by atoms with Gasteiger partial charge in [0.05, 0.1) is 6.33 Å². The molecule has 0 bridgehead atoms. The molecule has 212 valence electrons. The zero-order valence-electron chi connectivity index (χ0n) is 22.6. The molecule has 4 aromatic rings. The summed E-state index contributed by atoms with van der Waals surface area (Å²) in [5.74, 6) is -1.62. The predicted octanol–water partition coefficient (Wildman–Crippen LogP) is 6.12. The second-order valence-electron chi connectivity index (χ2n) is 9.60. The number of benzene rings is 3. The van der Waals surface area contributed by atoms with E-state index >= 15 is 0 Å². The van der Waals surface area contributed by atoms with Gasteiger partial charge in [0.1, 0.15) is 17.7 Å². The van der Waals surface area contributed by atoms with Gasteiger partial charge in [0.15, 0.2) is 0 Å². The summed E-state index contributed by atoms with van der Waals surface area (Å²) >= 11 is 1.51. The minimum absolute atomic E-state index is 0.298. The van der Waals surface area contributed by atoms with Gasteiger partial charge in [-0.05, 0) is 95.5 Å². The van der Waals surface area contributed by atoms with Gasteiger partial charge >= 0.3 is 5.97 Å². The van der Waals surface area contributed by atoms with Crippen LogP contribution < -0.4 is 5.32 Å². The summed E-state index contributed by atoms with van der Waals surface area (Å²) in [6.07, 6.45) is 10.4. The van der Waals surface area contributed by atoms with Crippen LogP contribution in [0.1, 0.15) is 39.0 Å². The standard InChI is InChI=1S/C32H31F2N3O3S/c1-41-17-14-30(32(39)40)36-31(38)29-19-23(3-7-25(29)6-2-22-4-10-27(33)11-5-22)18-26(20-37-16-15-35-21-37)24-8-12-28(34)13-9-24/h3-5,7-13,15-16,18-19,21,30H,2,6,14,17,20H2,1H3,(H,36,38)(H,39,40)/t30-/m0/s1. The number of allylic oxidation sites excluding steroid dienone is 1. The van der Waals surface area contributed by atoms with E-state index < -0.39 is 17.9 Å². The van der Waals surface area contributed by atoms with E-state index in [9.17, 15) is 23.5 Å². The third-order valence-electron chi connectivity index (χ3n) is 6.66. The third-order valence-corrected chi connectivity index (χ3v) is 7.30. The summed E-state index contributed by atoms with van der Waals surface area (Å²) in [4.78, 5) is 29.4. The number of thioether (sulfide) groups is 1. The van der Waals surface area contributed by atoms with Gasteiger partial charge < -0.3 is 15.0 Å². The van der Waals surface area contributed by atoms with Crippen molar-refractivity contribution in [2.75, 3.05) is 12.0 Å². The monoisotopic (exact) mass is 575 g/mol. The lowest BCUT2D eigenvalue weighted by Gasteiger charge is -2.17. The number of rotatable bonds is 13. The molecular formula is C32H31F2N3O3S. The summed E-state index contributed by atoms with van der Waals surface area (Å²) in [7, 11) is 0. The van der Waals surface area contributed by atoms with Crippen molar-refractivity contribution >= 4 is 35.3 Å². The van der Waals surface area contributed by atoms with Gasteiger partial charge in [-0.3, -0.25) is 4.79 Å². The Kier molecular flexibility index (Phi) is 10.5. The topological polar surface area (TPSA) is 84.2 Å². The Morgan fingerprint density at radius 3 is 2.37 bits per heavy atom. The van der Waals surface area contributed by atoms with E-state index in [-0.39, 0.29) is 11.6 Å². The lowest BCUT2D eigenvalue weighted by atomic mass is 9.95. The minimum Gasteiger partial charge on any atom is -0.480 e. The second kappa shape index (κ2) is 14.4. The van der Waals surface area contributed by atoms with Crippen molar-refractivity contribution in [1.82, 2.24) is 14.9 Å². The number of carboxylic acid groups (broad SMARTS) is 1. The SMILES string of the molecule is CSCC[C@H](NC(=O)c1cc(C=C(Cn2ccnc2)c2ccc(F)cc2)ccc1CCc1ccc(F)cc1)C(=O)O. The van der Waals surface area contributed by atoms with Gasteiger partial charge in [-0.1, -0.05) is 36.4 Å². The summed E-state index contributed by atoms with van der Waals surface area (Å²) in [5, 5.41) is 12.4. The van der Waals surface area contributed by atoms with Crippen LogP contribution in [0.4, 0.5) is 8.78 Å². The number of aryl methyl sites for hydroxylation is 2. The summed E-state index contributed by atoms with van der Waals surface area (Å²) in [6, 6.07) is 16.9. The van der Waals surface area contributed by atoms with Crippen LogP contribution in [-0.2, 0) is 24.2 Å². The highest BCUT2D eigenvalue weighted by Crippen LogP contribution is 2.24. The molecule has 9 heteroatoms. The number of carboxylic acids is 1. The van der Waals surface area contributed by atoms with E-state index in [4.69, 9.17) is 0 Å². The largest absolute Gasteiger partial charge is 0.480 e. The molecule has 4 rings (SSSR count). The smallest absolute Gasteiger partial charge is 0.326 e. The minimum atomic E-state index is -1.09. The molecule has 0 spiro atoms. The first-order chi connectivity index (χ1) is 19.8. The van der Waals surface area contributed by atoms with Crippen molar-refractivity contribution in [1.29, 1.82) is 0 Å². The molecule has 0 saturated carbocycles. The number of hydrogen-bond donors (Lipinski definition) is 2. The lowest BCUT2D eigenvalue weighted by Crippen LogP contribution is -2.41. The number of carbonyl (C=O) groups is 2. The van der Waals surface area contributed by atoms with Crippen molar-refractivity contribution in [3.63, 3.8) is 0 Å². The van der Waals surface area contributed by atoms with Gasteiger partial charge in [0, 0.05) is 24.5 Å². The highest BCUT2D eigenvalue weighted by molar-refractivity contribution is 7.98. The van der Waals surface area contributed by atoms with Crippen LogP contribution in [0.15, 0.2) is 85.5 Å². The van der Waals surface area contributed by atoms with Crippen molar-refractivity contribution in [3.05, 3.63) is 125 Å². The Hall–Kier alpha value is -4.24. The van der Waals surface area contributed by atoms with Crippen molar-refractivity contribution < 1.29 is 23.5 Å². The number of hydrogen-bond acceptors (Lipinski definition) is 4. The number of halogens is 2. The molecule has 1 aromatic heterocycles. The van der Waals surface area contributed by atoms with E-state index in [0.717, 1.165) is 27.8 Å². The van der Waals surface area contributed by atoms with Crippen molar-refractivity contribution in [3.8, 4) is 0 Å². The maximum Gasteiger partial charge on any atom is 0.326 e. The summed E-state index contributed by atoms with van der Waals surface area (Å²) in [5.41, 5.74) is 4.46. The van der Waals surface area contributed by atoms with Gasteiger partial charge in [-0.2, -0.15) is 11.8 Å². The van der Waals surface area contributed by atoms with Gasteiger partial charge in [-0.15, -0.1) is 0 Å². The van der Waals surface area contributed by atoms with E-state index in [1.165, 1.54) is 36.0 Å². The number of carbonyl (C=O) groups excluding carboxylic acids is 1. The number of aromatic nitrogens is 2. The molecule has 1 heterocycles. The quantitative estimate of drug-likeness (QED) is 0.188. The zero-order chi connectivity index (χ0) is 29.2. The number of aliphatic carboxylic acids is 1. The molecule has 3 aromatic carbocycles. The third kappa shape index (κ3) is 8.62. The normalized spacial score (nSPS) is 12.2. The summed E-state index contributed by atoms with van der Waals surface area (Å²) in [6.45, 7) is 0.468. The Morgan fingerprint density at radius 1 is 1.02 bits per heavy atom. The van der Waals surface area contributed by atoms with Crippen molar-refractivity contribution in [2.24, 2.45) is 0 Å². The molecule has 1 amide bonds. The molecule has 0 aliphatic rings. The van der Waals surface area contributed by atoms with Crippen LogP contribution in [0.25, 0.3) is 11.6 Å². The highest BCUT2D eigenvalue weighted by atomic mass is 32.2. The van der Waals surface area contributed by atoms with Crippen molar-refractivity contribution in [2.45, 2.75) is 31.8 Å². The molecule has 0 fully saturated rings. The molecule has 41 heavy (non-hydrogen) atoms. The molecule has 1 atom stereocenters.